The molecule has 4 rings (SSSR count). The van der Waals surface area contributed by atoms with Gasteiger partial charge in [-0.05, 0) is 85.3 Å². The third kappa shape index (κ3) is 4.35. The molecule has 34 heavy (non-hydrogen) atoms. The Kier molecular flexibility index (Phi) is 6.08. The standard InChI is InChI=1S/C30H26O4/c1-17-13-25(14-18(2)27(17)31)29(33)23-9-5-21(6-10-23)22-7-11-24(12-8-22)30(34)26-15-19(3)28(32)20(4)16-26/h5-16,31-32H,1-4H3. The lowest BCUT2D eigenvalue weighted by Crippen LogP contribution is -2.03. The van der Waals surface area contributed by atoms with Crippen molar-refractivity contribution in [1.82, 2.24) is 0 Å². The fraction of sp³-hybridized carbons (Fsp3) is 0.133. The second kappa shape index (κ2) is 8.99. The summed E-state index contributed by atoms with van der Waals surface area (Å²) in [5.74, 6) is 0.227. The largest absolute Gasteiger partial charge is 0.507 e. The first kappa shape index (κ1) is 23.0. The number of aryl methyl sites for hydroxylation is 4. The highest BCUT2D eigenvalue weighted by atomic mass is 16.3. The van der Waals surface area contributed by atoms with E-state index in [4.69, 9.17) is 0 Å². The molecular weight excluding hydrogens is 424 g/mol. The molecule has 0 aliphatic rings. The zero-order valence-electron chi connectivity index (χ0n) is 19.6. The first-order valence-electron chi connectivity index (χ1n) is 11.1. The van der Waals surface area contributed by atoms with Crippen molar-refractivity contribution in [3.63, 3.8) is 0 Å². The number of carbonyl (C=O) groups is 2. The van der Waals surface area contributed by atoms with E-state index in [-0.39, 0.29) is 23.1 Å². The van der Waals surface area contributed by atoms with Crippen molar-refractivity contribution in [2.24, 2.45) is 0 Å². The second-order valence-electron chi connectivity index (χ2n) is 8.73. The van der Waals surface area contributed by atoms with Crippen LogP contribution >= 0.6 is 0 Å². The lowest BCUT2D eigenvalue weighted by Gasteiger charge is -2.09. The summed E-state index contributed by atoms with van der Waals surface area (Å²) in [6.07, 6.45) is 0. The molecule has 0 saturated carbocycles. The van der Waals surface area contributed by atoms with Gasteiger partial charge in [-0.1, -0.05) is 48.5 Å². The van der Waals surface area contributed by atoms with Gasteiger partial charge in [0.05, 0.1) is 0 Å². The van der Waals surface area contributed by atoms with Crippen LogP contribution in [0.5, 0.6) is 11.5 Å². The van der Waals surface area contributed by atoms with Gasteiger partial charge in [-0.25, -0.2) is 0 Å². The van der Waals surface area contributed by atoms with Crippen LogP contribution in [0.1, 0.15) is 54.1 Å². The molecule has 4 nitrogen and oxygen atoms in total. The molecule has 0 unspecified atom stereocenters. The topological polar surface area (TPSA) is 74.6 Å². The molecule has 0 radical (unpaired) electrons. The molecule has 0 bridgehead atoms. The molecule has 4 heteroatoms. The molecular formula is C30H26O4. The maximum absolute atomic E-state index is 12.9. The van der Waals surface area contributed by atoms with Gasteiger partial charge in [0.15, 0.2) is 11.6 Å². The van der Waals surface area contributed by atoms with E-state index in [0.717, 1.165) is 11.1 Å². The van der Waals surface area contributed by atoms with Crippen LogP contribution in [0.15, 0.2) is 72.8 Å². The molecule has 0 aliphatic carbocycles. The Morgan fingerprint density at radius 2 is 0.735 bits per heavy atom. The molecule has 0 atom stereocenters. The van der Waals surface area contributed by atoms with Gasteiger partial charge in [0.2, 0.25) is 0 Å². The Bertz CT molecular complexity index is 1250. The molecule has 170 valence electrons. The number of carbonyl (C=O) groups excluding carboxylic acids is 2. The number of rotatable bonds is 5. The highest BCUT2D eigenvalue weighted by molar-refractivity contribution is 6.10. The van der Waals surface area contributed by atoms with E-state index in [0.29, 0.717) is 44.5 Å². The highest BCUT2D eigenvalue weighted by Gasteiger charge is 2.14. The van der Waals surface area contributed by atoms with Gasteiger partial charge in [0.1, 0.15) is 11.5 Å². The summed E-state index contributed by atoms with van der Waals surface area (Å²) in [5, 5.41) is 19.9. The first-order chi connectivity index (χ1) is 16.2. The molecule has 2 N–H and O–H groups in total. The van der Waals surface area contributed by atoms with Crippen LogP contribution in [0.4, 0.5) is 0 Å². The molecule has 0 aliphatic heterocycles. The van der Waals surface area contributed by atoms with Crippen LogP contribution < -0.4 is 0 Å². The van der Waals surface area contributed by atoms with E-state index in [1.54, 1.807) is 76.2 Å². The zero-order chi connectivity index (χ0) is 24.6. The normalized spacial score (nSPS) is 10.8. The molecule has 0 spiro atoms. The highest BCUT2D eigenvalue weighted by Crippen LogP contribution is 2.27. The maximum Gasteiger partial charge on any atom is 0.193 e. The molecule has 4 aromatic rings. The van der Waals surface area contributed by atoms with Crippen molar-refractivity contribution in [3.05, 3.63) is 117 Å². The number of ketones is 2. The van der Waals surface area contributed by atoms with Crippen LogP contribution in [-0.4, -0.2) is 21.8 Å². The number of aromatic hydroxyl groups is 2. The average molecular weight is 451 g/mol. The molecule has 0 fully saturated rings. The van der Waals surface area contributed by atoms with E-state index in [9.17, 15) is 19.8 Å². The van der Waals surface area contributed by atoms with Crippen molar-refractivity contribution in [2.45, 2.75) is 27.7 Å². The van der Waals surface area contributed by atoms with Crippen LogP contribution in [0.3, 0.4) is 0 Å². The van der Waals surface area contributed by atoms with Crippen LogP contribution in [0, 0.1) is 27.7 Å². The first-order valence-corrected chi connectivity index (χ1v) is 11.1. The SMILES string of the molecule is Cc1cc(C(=O)c2ccc(-c3ccc(C(=O)c4cc(C)c(O)c(C)c4)cc3)cc2)cc(C)c1O. The van der Waals surface area contributed by atoms with Crippen molar-refractivity contribution in [2.75, 3.05) is 0 Å². The van der Waals surface area contributed by atoms with E-state index in [2.05, 4.69) is 0 Å². The maximum atomic E-state index is 12.9. The van der Waals surface area contributed by atoms with E-state index in [1.807, 2.05) is 24.3 Å². The Hall–Kier alpha value is -4.18. The van der Waals surface area contributed by atoms with Gasteiger partial charge in [0.25, 0.3) is 0 Å². The average Bonchev–Trinajstić information content (AvgIpc) is 2.84. The fourth-order valence-corrected chi connectivity index (χ4v) is 4.14. The van der Waals surface area contributed by atoms with Crippen LogP contribution in [0.2, 0.25) is 0 Å². The third-order valence-electron chi connectivity index (χ3n) is 6.13. The van der Waals surface area contributed by atoms with Gasteiger partial charge in [0, 0.05) is 22.3 Å². The predicted octanol–water partition coefficient (Wildman–Crippen LogP) is 6.46. The number of benzene rings is 4. The molecule has 0 amide bonds. The molecule has 0 saturated heterocycles. The van der Waals surface area contributed by atoms with E-state index < -0.39 is 0 Å². The lowest BCUT2D eigenvalue weighted by molar-refractivity contribution is 0.103. The van der Waals surface area contributed by atoms with Crippen molar-refractivity contribution in [1.29, 1.82) is 0 Å². The Labute approximate surface area is 199 Å². The van der Waals surface area contributed by atoms with Gasteiger partial charge in [-0.2, -0.15) is 0 Å². The smallest absolute Gasteiger partial charge is 0.193 e. The monoisotopic (exact) mass is 450 g/mol. The number of hydrogen-bond donors (Lipinski definition) is 2. The zero-order valence-corrected chi connectivity index (χ0v) is 19.6. The molecule has 4 aromatic carbocycles. The second-order valence-corrected chi connectivity index (χ2v) is 8.73. The Balaban J connectivity index is 1.55. The van der Waals surface area contributed by atoms with E-state index in [1.165, 1.54) is 0 Å². The number of phenolic OH excluding ortho intramolecular Hbond substituents is 2. The number of hydrogen-bond acceptors (Lipinski definition) is 4. The fourth-order valence-electron chi connectivity index (χ4n) is 4.14. The van der Waals surface area contributed by atoms with Gasteiger partial charge < -0.3 is 10.2 Å². The summed E-state index contributed by atoms with van der Waals surface area (Å²) in [7, 11) is 0. The third-order valence-corrected chi connectivity index (χ3v) is 6.13. The number of phenols is 2. The summed E-state index contributed by atoms with van der Waals surface area (Å²) in [4.78, 5) is 25.8. The molecule has 0 aromatic heterocycles. The van der Waals surface area contributed by atoms with E-state index >= 15 is 0 Å². The van der Waals surface area contributed by atoms with Crippen molar-refractivity contribution < 1.29 is 19.8 Å². The summed E-state index contributed by atoms with van der Waals surface area (Å²) in [5.41, 5.74) is 6.79. The summed E-state index contributed by atoms with van der Waals surface area (Å²) in [6, 6.07) is 21.5. The quantitative estimate of drug-likeness (QED) is 0.342. The Morgan fingerprint density at radius 3 is 1.00 bits per heavy atom. The summed E-state index contributed by atoms with van der Waals surface area (Å²) < 4.78 is 0. The van der Waals surface area contributed by atoms with Crippen LogP contribution in [0.25, 0.3) is 11.1 Å². The minimum absolute atomic E-state index is 0.0989. The minimum atomic E-state index is -0.0989. The Morgan fingerprint density at radius 1 is 0.471 bits per heavy atom. The van der Waals surface area contributed by atoms with Gasteiger partial charge in [-0.15, -0.1) is 0 Å². The minimum Gasteiger partial charge on any atom is -0.507 e. The molecule has 0 heterocycles. The van der Waals surface area contributed by atoms with Gasteiger partial charge >= 0.3 is 0 Å². The predicted molar refractivity (Wildman–Crippen MR) is 134 cm³/mol. The van der Waals surface area contributed by atoms with Crippen molar-refractivity contribution >= 4 is 11.6 Å². The van der Waals surface area contributed by atoms with Crippen LogP contribution in [-0.2, 0) is 0 Å². The summed E-state index contributed by atoms with van der Waals surface area (Å²) >= 11 is 0. The summed E-state index contributed by atoms with van der Waals surface area (Å²) in [6.45, 7) is 7.11. The van der Waals surface area contributed by atoms with Crippen molar-refractivity contribution in [3.8, 4) is 22.6 Å². The lowest BCUT2D eigenvalue weighted by atomic mass is 9.95. The van der Waals surface area contributed by atoms with Gasteiger partial charge in [-0.3, -0.25) is 9.59 Å².